The van der Waals surface area contributed by atoms with Gasteiger partial charge in [0.2, 0.25) is 0 Å². The Labute approximate surface area is 146 Å². The Morgan fingerprint density at radius 1 is 1.08 bits per heavy atom. The van der Waals surface area contributed by atoms with Crippen LogP contribution in [0, 0.1) is 12.8 Å². The summed E-state index contributed by atoms with van der Waals surface area (Å²) >= 11 is 1.93. The average molecular weight is 332 g/mol. The molecule has 0 amide bonds. The van der Waals surface area contributed by atoms with Crippen LogP contribution in [0.2, 0.25) is 0 Å². The molecule has 3 unspecified atom stereocenters. The highest BCUT2D eigenvalue weighted by Gasteiger charge is 2.52. The average Bonchev–Trinajstić information content (AvgIpc) is 3.30. The standard InChI is InChI=1S/C22H20OS/c1-14-7-10-20(24-14)18-13-19(18)22(2)12-11-16-9-8-15-5-3-4-6-17(15)21(16)23-22/h3-12,18-19H,13H2,1-2H3. The number of fused-ring (bicyclic) bond motifs is 3. The minimum absolute atomic E-state index is 0.209. The van der Waals surface area contributed by atoms with E-state index in [9.17, 15) is 0 Å². The number of aryl methyl sites for hydroxylation is 1. The molecule has 2 heteroatoms. The maximum absolute atomic E-state index is 6.63. The van der Waals surface area contributed by atoms with Crippen molar-refractivity contribution in [1.82, 2.24) is 0 Å². The fraction of sp³-hybridized carbons (Fsp3) is 0.273. The van der Waals surface area contributed by atoms with Gasteiger partial charge in [-0.05, 0) is 43.9 Å². The van der Waals surface area contributed by atoms with E-state index in [2.05, 4.69) is 74.5 Å². The van der Waals surface area contributed by atoms with Crippen molar-refractivity contribution in [2.24, 2.45) is 5.92 Å². The van der Waals surface area contributed by atoms with E-state index in [1.165, 1.54) is 32.5 Å². The lowest BCUT2D eigenvalue weighted by Crippen LogP contribution is -2.35. The first kappa shape index (κ1) is 14.3. The van der Waals surface area contributed by atoms with Crippen LogP contribution >= 0.6 is 11.3 Å². The van der Waals surface area contributed by atoms with Crippen molar-refractivity contribution in [2.45, 2.75) is 31.8 Å². The highest BCUT2D eigenvalue weighted by Crippen LogP contribution is 2.57. The Kier molecular flexibility index (Phi) is 2.96. The van der Waals surface area contributed by atoms with Crippen molar-refractivity contribution in [3.8, 4) is 5.75 Å². The van der Waals surface area contributed by atoms with Crippen LogP contribution in [-0.4, -0.2) is 5.60 Å². The molecule has 1 fully saturated rings. The highest BCUT2D eigenvalue weighted by atomic mass is 32.1. The largest absolute Gasteiger partial charge is 0.482 e. The van der Waals surface area contributed by atoms with Gasteiger partial charge in [0.25, 0.3) is 0 Å². The third kappa shape index (κ3) is 2.13. The first-order valence-corrected chi connectivity index (χ1v) is 9.42. The second-order valence-electron chi connectivity index (χ2n) is 7.22. The Balaban J connectivity index is 1.51. The highest BCUT2D eigenvalue weighted by molar-refractivity contribution is 7.12. The molecule has 2 heterocycles. The van der Waals surface area contributed by atoms with Crippen molar-refractivity contribution in [1.29, 1.82) is 0 Å². The molecule has 2 aliphatic rings. The van der Waals surface area contributed by atoms with Gasteiger partial charge in [-0.15, -0.1) is 11.3 Å². The summed E-state index contributed by atoms with van der Waals surface area (Å²) in [4.78, 5) is 2.91. The Morgan fingerprint density at radius 2 is 1.96 bits per heavy atom. The summed E-state index contributed by atoms with van der Waals surface area (Å²) in [5, 5.41) is 2.46. The van der Waals surface area contributed by atoms with Crippen molar-refractivity contribution >= 4 is 28.2 Å². The maximum atomic E-state index is 6.63. The predicted octanol–water partition coefficient (Wildman–Crippen LogP) is 6.18. The molecule has 0 saturated heterocycles. The Bertz CT molecular complexity index is 967. The van der Waals surface area contributed by atoms with Crippen LogP contribution in [0.1, 0.15) is 34.6 Å². The van der Waals surface area contributed by atoms with Gasteiger partial charge in [-0.2, -0.15) is 0 Å². The van der Waals surface area contributed by atoms with E-state index in [0.29, 0.717) is 11.8 Å². The van der Waals surface area contributed by atoms with E-state index < -0.39 is 0 Å². The van der Waals surface area contributed by atoms with E-state index in [-0.39, 0.29) is 5.60 Å². The number of hydrogen-bond acceptors (Lipinski definition) is 2. The smallest absolute Gasteiger partial charge is 0.135 e. The zero-order valence-corrected chi connectivity index (χ0v) is 14.8. The van der Waals surface area contributed by atoms with Gasteiger partial charge in [-0.3, -0.25) is 0 Å². The molecule has 24 heavy (non-hydrogen) atoms. The van der Waals surface area contributed by atoms with E-state index in [1.807, 2.05) is 11.3 Å². The molecule has 0 radical (unpaired) electrons. The van der Waals surface area contributed by atoms with Crippen LogP contribution in [0.25, 0.3) is 16.8 Å². The van der Waals surface area contributed by atoms with Gasteiger partial charge in [0.1, 0.15) is 11.4 Å². The van der Waals surface area contributed by atoms with Gasteiger partial charge in [-0.1, -0.05) is 42.5 Å². The minimum atomic E-state index is -0.209. The topological polar surface area (TPSA) is 9.23 Å². The predicted molar refractivity (Wildman–Crippen MR) is 102 cm³/mol. The van der Waals surface area contributed by atoms with Crippen LogP contribution in [-0.2, 0) is 0 Å². The van der Waals surface area contributed by atoms with Gasteiger partial charge < -0.3 is 4.74 Å². The molecule has 3 aromatic rings. The molecular weight excluding hydrogens is 312 g/mol. The van der Waals surface area contributed by atoms with Crippen LogP contribution in [0.5, 0.6) is 5.75 Å². The van der Waals surface area contributed by atoms with Gasteiger partial charge >= 0.3 is 0 Å². The fourth-order valence-corrected chi connectivity index (χ4v) is 5.06. The molecule has 1 aromatic heterocycles. The lowest BCUT2D eigenvalue weighted by molar-refractivity contribution is 0.113. The molecule has 0 spiro atoms. The summed E-state index contributed by atoms with van der Waals surface area (Å²) < 4.78 is 6.63. The molecule has 1 nitrogen and oxygen atoms in total. The minimum Gasteiger partial charge on any atom is -0.482 e. The normalized spacial score (nSPS) is 27.8. The molecule has 3 atom stereocenters. The summed E-state index contributed by atoms with van der Waals surface area (Å²) in [7, 11) is 0. The molecule has 120 valence electrons. The number of rotatable bonds is 2. The zero-order valence-electron chi connectivity index (χ0n) is 14.0. The first-order chi connectivity index (χ1) is 11.6. The van der Waals surface area contributed by atoms with Crippen molar-refractivity contribution < 1.29 is 4.74 Å². The summed E-state index contributed by atoms with van der Waals surface area (Å²) in [6.07, 6.45) is 5.75. The summed E-state index contributed by atoms with van der Waals surface area (Å²) in [6, 6.07) is 17.4. The van der Waals surface area contributed by atoms with E-state index >= 15 is 0 Å². The third-order valence-electron chi connectivity index (χ3n) is 5.48. The second-order valence-corrected chi connectivity index (χ2v) is 8.54. The maximum Gasteiger partial charge on any atom is 0.135 e. The summed E-state index contributed by atoms with van der Waals surface area (Å²) in [6.45, 7) is 4.44. The zero-order chi connectivity index (χ0) is 16.3. The van der Waals surface area contributed by atoms with Crippen molar-refractivity contribution in [2.75, 3.05) is 0 Å². The third-order valence-corrected chi connectivity index (χ3v) is 6.61. The van der Waals surface area contributed by atoms with Crippen LogP contribution < -0.4 is 4.74 Å². The molecule has 0 N–H and O–H groups in total. The van der Waals surface area contributed by atoms with Crippen LogP contribution in [0.3, 0.4) is 0 Å². The quantitative estimate of drug-likeness (QED) is 0.544. The SMILES string of the molecule is Cc1ccc(C2CC2C2(C)C=Cc3ccc4ccccc4c3O2)s1. The summed E-state index contributed by atoms with van der Waals surface area (Å²) in [5.74, 6) is 2.26. The van der Waals surface area contributed by atoms with Gasteiger partial charge in [-0.25, -0.2) is 0 Å². The second kappa shape index (κ2) is 4.97. The molecule has 5 rings (SSSR count). The lowest BCUT2D eigenvalue weighted by atomic mass is 9.92. The monoisotopic (exact) mass is 332 g/mol. The number of benzene rings is 2. The van der Waals surface area contributed by atoms with Gasteiger partial charge in [0.05, 0.1) is 0 Å². The number of hydrogen-bond donors (Lipinski definition) is 0. The van der Waals surface area contributed by atoms with E-state index in [0.717, 1.165) is 5.75 Å². The van der Waals surface area contributed by atoms with E-state index in [4.69, 9.17) is 4.74 Å². The van der Waals surface area contributed by atoms with Crippen molar-refractivity contribution in [3.63, 3.8) is 0 Å². The van der Waals surface area contributed by atoms with Crippen LogP contribution in [0.4, 0.5) is 0 Å². The Morgan fingerprint density at radius 3 is 2.79 bits per heavy atom. The molecule has 1 saturated carbocycles. The van der Waals surface area contributed by atoms with Crippen LogP contribution in [0.15, 0.2) is 54.6 Å². The molecule has 1 aliphatic heterocycles. The fourth-order valence-electron chi connectivity index (χ4n) is 4.01. The lowest BCUT2D eigenvalue weighted by Gasteiger charge is -2.33. The van der Waals surface area contributed by atoms with Gasteiger partial charge in [0.15, 0.2) is 0 Å². The molecular formula is C22H20OS. The summed E-state index contributed by atoms with van der Waals surface area (Å²) in [5.41, 5.74) is 0.981. The number of ether oxygens (including phenoxy) is 1. The molecule has 2 aromatic carbocycles. The van der Waals surface area contributed by atoms with Crippen molar-refractivity contribution in [3.05, 3.63) is 69.9 Å². The number of thiophene rings is 1. The molecule has 0 bridgehead atoms. The van der Waals surface area contributed by atoms with Gasteiger partial charge in [0, 0.05) is 32.5 Å². The first-order valence-electron chi connectivity index (χ1n) is 8.60. The molecule has 1 aliphatic carbocycles. The Hall–Kier alpha value is -2.06. The van der Waals surface area contributed by atoms with E-state index in [1.54, 1.807) is 0 Å².